The first-order valence-electron chi connectivity index (χ1n) is 9.80. The Bertz CT molecular complexity index is 907. The third-order valence-electron chi connectivity index (χ3n) is 5.12. The molecule has 6 nitrogen and oxygen atoms in total. The second-order valence-corrected chi connectivity index (χ2v) is 9.05. The van der Waals surface area contributed by atoms with Gasteiger partial charge in [-0.2, -0.15) is 0 Å². The molecule has 0 saturated carbocycles. The van der Waals surface area contributed by atoms with E-state index in [-0.39, 0.29) is 11.4 Å². The van der Waals surface area contributed by atoms with Gasteiger partial charge in [0.2, 0.25) is 10.0 Å². The van der Waals surface area contributed by atoms with Crippen LogP contribution >= 0.6 is 0 Å². The van der Waals surface area contributed by atoms with Crippen LogP contribution in [-0.2, 0) is 23.1 Å². The van der Waals surface area contributed by atoms with E-state index in [1.165, 1.54) is 24.5 Å². The lowest BCUT2D eigenvalue weighted by atomic mass is 10.1. The molecule has 2 aliphatic rings. The summed E-state index contributed by atoms with van der Waals surface area (Å²) < 4.78 is 39.1. The minimum absolute atomic E-state index is 0.183. The fourth-order valence-electron chi connectivity index (χ4n) is 3.53. The molecule has 2 aromatic carbocycles. The second kappa shape index (κ2) is 8.51. The van der Waals surface area contributed by atoms with E-state index < -0.39 is 10.0 Å². The Hall–Kier alpha value is -2.09. The Morgan fingerprint density at radius 2 is 1.54 bits per heavy atom. The van der Waals surface area contributed by atoms with Crippen LogP contribution in [0, 0.1) is 0 Å². The van der Waals surface area contributed by atoms with Crippen molar-refractivity contribution < 1.29 is 17.9 Å². The fraction of sp³-hybridized carbons (Fsp3) is 0.429. The van der Waals surface area contributed by atoms with Crippen molar-refractivity contribution in [1.82, 2.24) is 9.62 Å². The van der Waals surface area contributed by atoms with Crippen molar-refractivity contribution in [3.05, 3.63) is 53.6 Å². The number of hydrogen-bond acceptors (Lipinski definition) is 5. The summed E-state index contributed by atoms with van der Waals surface area (Å²) in [5, 5.41) is 0. The topological polar surface area (TPSA) is 67.9 Å². The van der Waals surface area contributed by atoms with Crippen LogP contribution in [0.4, 0.5) is 0 Å². The van der Waals surface area contributed by atoms with Crippen molar-refractivity contribution in [3.63, 3.8) is 0 Å². The van der Waals surface area contributed by atoms with Crippen LogP contribution < -0.4 is 14.2 Å². The molecule has 2 aliphatic heterocycles. The minimum atomic E-state index is -3.63. The Morgan fingerprint density at radius 1 is 0.857 bits per heavy atom. The maximum atomic E-state index is 12.7. The molecule has 7 heteroatoms. The van der Waals surface area contributed by atoms with Gasteiger partial charge in [0.05, 0.1) is 18.1 Å². The molecule has 1 saturated heterocycles. The zero-order valence-corrected chi connectivity index (χ0v) is 16.7. The normalized spacial score (nSPS) is 17.4. The summed E-state index contributed by atoms with van der Waals surface area (Å²) >= 11 is 0. The monoisotopic (exact) mass is 402 g/mol. The first kappa shape index (κ1) is 19.2. The average Bonchev–Trinajstić information content (AvgIpc) is 3.09. The van der Waals surface area contributed by atoms with E-state index in [0.29, 0.717) is 24.7 Å². The molecule has 0 spiro atoms. The van der Waals surface area contributed by atoms with Crippen molar-refractivity contribution in [1.29, 1.82) is 0 Å². The number of benzene rings is 2. The van der Waals surface area contributed by atoms with Crippen molar-refractivity contribution in [2.75, 3.05) is 26.3 Å². The molecule has 28 heavy (non-hydrogen) atoms. The summed E-state index contributed by atoms with van der Waals surface area (Å²) in [7, 11) is -3.63. The summed E-state index contributed by atoms with van der Waals surface area (Å²) in [6.45, 7) is 4.64. The number of fused-ring (bicyclic) bond motifs is 1. The van der Waals surface area contributed by atoms with E-state index in [9.17, 15) is 8.42 Å². The summed E-state index contributed by atoms with van der Waals surface area (Å²) in [6, 6.07) is 12.9. The van der Waals surface area contributed by atoms with Crippen LogP contribution in [0.2, 0.25) is 0 Å². The number of sulfonamides is 1. The lowest BCUT2D eigenvalue weighted by Gasteiger charge is -2.15. The molecule has 150 valence electrons. The molecule has 0 aliphatic carbocycles. The van der Waals surface area contributed by atoms with Crippen molar-refractivity contribution >= 4 is 10.0 Å². The first-order chi connectivity index (χ1) is 13.6. The summed E-state index contributed by atoms with van der Waals surface area (Å²) in [6.07, 6.45) is 3.34. The van der Waals surface area contributed by atoms with Gasteiger partial charge in [-0.15, -0.1) is 0 Å². The lowest BCUT2D eigenvalue weighted by molar-refractivity contribution is 0.297. The van der Waals surface area contributed by atoms with Crippen molar-refractivity contribution in [3.8, 4) is 11.5 Å². The molecule has 0 unspecified atom stereocenters. The van der Waals surface area contributed by atoms with Gasteiger partial charge >= 0.3 is 0 Å². The number of hydrogen-bond donors (Lipinski definition) is 1. The highest BCUT2D eigenvalue weighted by Gasteiger charge is 2.19. The van der Waals surface area contributed by atoms with Crippen LogP contribution in [0.15, 0.2) is 47.4 Å². The molecule has 0 radical (unpaired) electrons. The zero-order valence-electron chi connectivity index (χ0n) is 15.9. The van der Waals surface area contributed by atoms with Gasteiger partial charge in [-0.3, -0.25) is 4.90 Å². The summed E-state index contributed by atoms with van der Waals surface area (Å²) in [4.78, 5) is 2.63. The lowest BCUT2D eigenvalue weighted by Crippen LogP contribution is -2.23. The molecule has 1 fully saturated rings. The van der Waals surface area contributed by atoms with E-state index >= 15 is 0 Å². The predicted molar refractivity (Wildman–Crippen MR) is 107 cm³/mol. The van der Waals surface area contributed by atoms with Crippen LogP contribution in [-0.4, -0.2) is 39.6 Å². The smallest absolute Gasteiger partial charge is 0.241 e. The Balaban J connectivity index is 1.39. The van der Waals surface area contributed by atoms with Gasteiger partial charge in [0.15, 0.2) is 11.5 Å². The first-order valence-corrected chi connectivity index (χ1v) is 11.3. The third kappa shape index (κ3) is 4.66. The number of ether oxygens (including phenoxy) is 2. The quantitative estimate of drug-likeness (QED) is 0.805. The van der Waals surface area contributed by atoms with E-state index in [1.54, 1.807) is 12.1 Å². The molecule has 2 aromatic rings. The summed E-state index contributed by atoms with van der Waals surface area (Å²) in [5.74, 6) is 1.07. The van der Waals surface area contributed by atoms with Crippen LogP contribution in [0.1, 0.15) is 30.4 Å². The van der Waals surface area contributed by atoms with Gasteiger partial charge in [0.1, 0.15) is 0 Å². The van der Waals surface area contributed by atoms with Gasteiger partial charge in [-0.1, -0.05) is 24.3 Å². The molecular formula is C21H26N2O4S. The summed E-state index contributed by atoms with van der Waals surface area (Å²) in [5.41, 5.74) is 2.19. The number of nitrogens with one attached hydrogen (secondary N) is 1. The van der Waals surface area contributed by atoms with E-state index in [4.69, 9.17) is 9.47 Å². The third-order valence-corrected chi connectivity index (χ3v) is 6.52. The minimum Gasteiger partial charge on any atom is -0.490 e. The Morgan fingerprint density at radius 3 is 2.29 bits per heavy atom. The number of nitrogens with zero attached hydrogens (tertiary/aromatic N) is 1. The van der Waals surface area contributed by atoms with Gasteiger partial charge in [-0.05, 0) is 49.2 Å². The molecule has 0 aromatic heterocycles. The largest absolute Gasteiger partial charge is 0.490 e. The van der Waals surface area contributed by atoms with Gasteiger partial charge < -0.3 is 9.47 Å². The standard InChI is InChI=1S/C21H26N2O4S/c24-28(25,19-8-9-20-21(14-19)27-13-3-12-26-20)22-15-17-4-6-18(7-5-17)16-23-10-1-2-11-23/h4-9,14,22H,1-3,10-13,15-16H2. The molecule has 0 atom stereocenters. The van der Waals surface area contributed by atoms with E-state index in [2.05, 4.69) is 21.8 Å². The molecule has 0 bridgehead atoms. The Kier molecular flexibility index (Phi) is 5.85. The molecule has 1 N–H and O–H groups in total. The SMILES string of the molecule is O=S(=O)(NCc1ccc(CN2CCCC2)cc1)c1ccc2c(c1)OCCCO2. The highest BCUT2D eigenvalue weighted by molar-refractivity contribution is 7.89. The molecular weight excluding hydrogens is 376 g/mol. The average molecular weight is 403 g/mol. The molecule has 4 rings (SSSR count). The highest BCUT2D eigenvalue weighted by atomic mass is 32.2. The second-order valence-electron chi connectivity index (χ2n) is 7.28. The van der Waals surface area contributed by atoms with Crippen LogP contribution in [0.25, 0.3) is 0 Å². The predicted octanol–water partition coefficient (Wildman–Crippen LogP) is 2.92. The Labute approximate surface area is 166 Å². The van der Waals surface area contributed by atoms with Crippen LogP contribution in [0.3, 0.4) is 0 Å². The number of rotatable bonds is 6. The van der Waals surface area contributed by atoms with Crippen molar-refractivity contribution in [2.24, 2.45) is 0 Å². The van der Waals surface area contributed by atoms with Crippen molar-refractivity contribution in [2.45, 2.75) is 37.2 Å². The molecule has 2 heterocycles. The van der Waals surface area contributed by atoms with E-state index in [1.807, 2.05) is 12.1 Å². The zero-order chi connectivity index (χ0) is 19.4. The van der Waals surface area contributed by atoms with Gasteiger partial charge in [0, 0.05) is 25.6 Å². The van der Waals surface area contributed by atoms with Gasteiger partial charge in [0.25, 0.3) is 0 Å². The maximum absolute atomic E-state index is 12.7. The number of likely N-dealkylation sites (tertiary alicyclic amines) is 1. The van der Waals surface area contributed by atoms with Crippen LogP contribution in [0.5, 0.6) is 11.5 Å². The van der Waals surface area contributed by atoms with Gasteiger partial charge in [-0.25, -0.2) is 13.1 Å². The maximum Gasteiger partial charge on any atom is 0.241 e. The fourth-order valence-corrected chi connectivity index (χ4v) is 4.57. The molecule has 0 amide bonds. The van der Waals surface area contributed by atoms with E-state index in [0.717, 1.165) is 31.6 Å². The highest BCUT2D eigenvalue weighted by Crippen LogP contribution is 2.31.